The number of aromatic hydroxyl groups is 2. The third-order valence-electron chi connectivity index (χ3n) is 5.33. The Balaban J connectivity index is 1.94. The fourth-order valence-electron chi connectivity index (χ4n) is 4.19. The molecule has 2 bridgehead atoms. The minimum atomic E-state index is -4.81. The molecule has 2 aromatic rings. The molecule has 3 heterocycles. The summed E-state index contributed by atoms with van der Waals surface area (Å²) >= 11 is 0. The Labute approximate surface area is 168 Å². The highest BCUT2D eigenvalue weighted by atomic mass is 19.4. The van der Waals surface area contributed by atoms with Gasteiger partial charge in [-0.3, -0.25) is 9.36 Å². The van der Waals surface area contributed by atoms with Crippen molar-refractivity contribution in [3.63, 3.8) is 0 Å². The van der Waals surface area contributed by atoms with E-state index in [2.05, 4.69) is 0 Å². The van der Waals surface area contributed by atoms with Crippen LogP contribution in [0.15, 0.2) is 30.0 Å². The van der Waals surface area contributed by atoms with Crippen LogP contribution in [-0.2, 0) is 31.6 Å². The molecule has 10 heteroatoms. The van der Waals surface area contributed by atoms with Crippen molar-refractivity contribution in [2.24, 2.45) is 0 Å². The maximum Gasteiger partial charge on any atom is 0.417 e. The van der Waals surface area contributed by atoms with Crippen molar-refractivity contribution in [1.82, 2.24) is 4.57 Å². The van der Waals surface area contributed by atoms with Crippen LogP contribution in [0.1, 0.15) is 43.0 Å². The van der Waals surface area contributed by atoms with Crippen molar-refractivity contribution in [1.29, 1.82) is 5.26 Å². The number of nitrogens with zero attached hydrogens (tertiary/aromatic N) is 2. The van der Waals surface area contributed by atoms with E-state index in [1.807, 2.05) is 0 Å². The number of ether oxygens (including phenoxy) is 2. The van der Waals surface area contributed by atoms with Crippen molar-refractivity contribution < 1.29 is 37.7 Å². The largest absolute Gasteiger partial charge is 0.494 e. The fraction of sp³-hybridized carbons (Fsp3) is 0.300. The van der Waals surface area contributed by atoms with Gasteiger partial charge in [0, 0.05) is 6.92 Å². The summed E-state index contributed by atoms with van der Waals surface area (Å²) in [4.78, 5) is 11.4. The summed E-state index contributed by atoms with van der Waals surface area (Å²) in [7, 11) is 0. The van der Waals surface area contributed by atoms with Crippen LogP contribution in [0.25, 0.3) is 5.69 Å². The number of hydrogen-bond donors (Lipinski definition) is 2. The second kappa shape index (κ2) is 5.79. The number of carbonyl (C=O) groups excluding carboxylic acids is 1. The molecule has 7 nitrogen and oxygen atoms in total. The van der Waals surface area contributed by atoms with E-state index in [4.69, 9.17) is 14.7 Å². The summed E-state index contributed by atoms with van der Waals surface area (Å²) in [5.74, 6) is -1.60. The second-order valence-electron chi connectivity index (χ2n) is 7.42. The lowest BCUT2D eigenvalue weighted by Gasteiger charge is -2.24. The van der Waals surface area contributed by atoms with Gasteiger partial charge in [0.15, 0.2) is 5.60 Å². The Morgan fingerprint density at radius 3 is 2.43 bits per heavy atom. The van der Waals surface area contributed by atoms with Crippen LogP contribution in [0.4, 0.5) is 13.2 Å². The first kappa shape index (κ1) is 19.8. The lowest BCUT2D eigenvalue weighted by atomic mass is 9.84. The number of halogens is 3. The summed E-state index contributed by atoms with van der Waals surface area (Å²) < 4.78 is 52.0. The molecule has 0 spiro atoms. The molecule has 0 saturated carbocycles. The zero-order valence-corrected chi connectivity index (χ0v) is 16.0. The van der Waals surface area contributed by atoms with E-state index in [-0.39, 0.29) is 22.6 Å². The van der Waals surface area contributed by atoms with Gasteiger partial charge in [-0.1, -0.05) is 0 Å². The van der Waals surface area contributed by atoms with Crippen LogP contribution < -0.4 is 0 Å². The van der Waals surface area contributed by atoms with E-state index in [1.54, 1.807) is 6.92 Å². The van der Waals surface area contributed by atoms with E-state index >= 15 is 0 Å². The lowest BCUT2D eigenvalue weighted by molar-refractivity contribution is -0.142. The van der Waals surface area contributed by atoms with Crippen LogP contribution in [0.3, 0.4) is 0 Å². The van der Waals surface area contributed by atoms with E-state index in [1.165, 1.54) is 32.1 Å². The molecule has 0 amide bonds. The molecule has 0 fully saturated rings. The summed E-state index contributed by atoms with van der Waals surface area (Å²) in [6.45, 7) is 4.27. The Bertz CT molecular complexity index is 1190. The normalized spacial score (nSPS) is 24.4. The number of esters is 1. The Kier molecular flexibility index (Phi) is 3.83. The van der Waals surface area contributed by atoms with E-state index < -0.39 is 46.2 Å². The first-order chi connectivity index (χ1) is 13.8. The van der Waals surface area contributed by atoms with Crippen LogP contribution >= 0.6 is 0 Å². The average Bonchev–Trinajstić information content (AvgIpc) is 3.14. The number of benzene rings is 1. The van der Waals surface area contributed by atoms with Crippen molar-refractivity contribution in [3.8, 4) is 23.5 Å². The zero-order valence-electron chi connectivity index (χ0n) is 16.0. The maximum absolute atomic E-state index is 13.4. The molecule has 4 rings (SSSR count). The Morgan fingerprint density at radius 2 is 1.87 bits per heavy atom. The third-order valence-corrected chi connectivity index (χ3v) is 5.33. The van der Waals surface area contributed by atoms with Gasteiger partial charge in [-0.25, -0.2) is 0 Å². The quantitative estimate of drug-likeness (QED) is 0.718. The van der Waals surface area contributed by atoms with E-state index in [0.717, 1.165) is 10.6 Å². The van der Waals surface area contributed by atoms with Gasteiger partial charge in [0.1, 0.15) is 11.4 Å². The number of alkyl halides is 3. The van der Waals surface area contributed by atoms with E-state index in [9.17, 15) is 28.2 Å². The SMILES string of the molecule is CC(=O)OC1=CC2(C)OC1(C)c1c2c(O)n(-c2ccc(C#N)c(C(F)(F)F)c2)c1O. The Hall–Kier alpha value is -3.45. The summed E-state index contributed by atoms with van der Waals surface area (Å²) in [6.07, 6.45) is -3.34. The van der Waals surface area contributed by atoms with Crippen LogP contribution in [0.5, 0.6) is 11.8 Å². The zero-order chi connectivity index (χ0) is 22.2. The number of carbonyl (C=O) groups is 1. The molecular formula is C20H15F3N2O5. The summed E-state index contributed by atoms with van der Waals surface area (Å²) in [5.41, 5.74) is -4.47. The molecule has 2 N–H and O–H groups in total. The second-order valence-corrected chi connectivity index (χ2v) is 7.42. The first-order valence-corrected chi connectivity index (χ1v) is 8.74. The van der Waals surface area contributed by atoms with Gasteiger partial charge < -0.3 is 19.7 Å². The summed E-state index contributed by atoms with van der Waals surface area (Å²) in [5, 5.41) is 30.7. The first-order valence-electron chi connectivity index (χ1n) is 8.74. The number of rotatable bonds is 2. The number of nitriles is 1. The van der Waals surface area contributed by atoms with Crippen LogP contribution in [0, 0.1) is 11.3 Å². The van der Waals surface area contributed by atoms with Gasteiger partial charge >= 0.3 is 12.1 Å². The highest BCUT2D eigenvalue weighted by molar-refractivity contribution is 5.71. The van der Waals surface area contributed by atoms with Crippen molar-refractivity contribution in [3.05, 3.63) is 52.3 Å². The highest BCUT2D eigenvalue weighted by Crippen LogP contribution is 2.63. The molecule has 156 valence electrons. The molecule has 2 aliphatic rings. The van der Waals surface area contributed by atoms with Gasteiger partial charge in [-0.15, -0.1) is 0 Å². The topological polar surface area (TPSA) is 105 Å². The summed E-state index contributed by atoms with van der Waals surface area (Å²) in [6, 6.07) is 4.28. The minimum absolute atomic E-state index is 0.0826. The van der Waals surface area contributed by atoms with Gasteiger partial charge in [0.2, 0.25) is 11.8 Å². The molecule has 0 radical (unpaired) electrons. The average molecular weight is 420 g/mol. The number of aromatic nitrogens is 1. The van der Waals surface area contributed by atoms with Crippen molar-refractivity contribution >= 4 is 5.97 Å². The number of hydrogen-bond acceptors (Lipinski definition) is 6. The monoisotopic (exact) mass is 420 g/mol. The third kappa shape index (κ3) is 2.45. The molecule has 1 aromatic heterocycles. The Morgan fingerprint density at radius 1 is 1.23 bits per heavy atom. The minimum Gasteiger partial charge on any atom is -0.494 e. The molecule has 1 aromatic carbocycles. The van der Waals surface area contributed by atoms with Crippen molar-refractivity contribution in [2.75, 3.05) is 0 Å². The van der Waals surface area contributed by atoms with Gasteiger partial charge in [-0.05, 0) is 38.1 Å². The molecule has 2 aliphatic heterocycles. The standard InChI is InChI=1S/C20H15F3N2O5/c1-9(26)29-13-7-18(2)14-15(19(13,3)30-18)17(28)25(16(14)27)11-5-4-10(8-24)12(6-11)20(21,22)23/h4-7,27-28H,1-3H3. The van der Waals surface area contributed by atoms with Crippen LogP contribution in [-0.4, -0.2) is 20.7 Å². The van der Waals surface area contributed by atoms with Crippen LogP contribution in [0.2, 0.25) is 0 Å². The molecule has 2 atom stereocenters. The van der Waals surface area contributed by atoms with Crippen molar-refractivity contribution in [2.45, 2.75) is 38.1 Å². The predicted molar refractivity (Wildman–Crippen MR) is 94.5 cm³/mol. The van der Waals surface area contributed by atoms with Gasteiger partial charge in [-0.2, -0.15) is 18.4 Å². The highest BCUT2D eigenvalue weighted by Gasteiger charge is 2.61. The molecule has 2 unspecified atom stereocenters. The smallest absolute Gasteiger partial charge is 0.417 e. The van der Waals surface area contributed by atoms with E-state index in [0.29, 0.717) is 6.07 Å². The molecule has 0 aliphatic carbocycles. The lowest BCUT2D eigenvalue weighted by Crippen LogP contribution is -2.24. The van der Waals surface area contributed by atoms with Gasteiger partial charge in [0.05, 0.1) is 34.0 Å². The molecular weight excluding hydrogens is 405 g/mol. The van der Waals surface area contributed by atoms with Gasteiger partial charge in [0.25, 0.3) is 0 Å². The maximum atomic E-state index is 13.4. The molecule has 30 heavy (non-hydrogen) atoms. The predicted octanol–water partition coefficient (Wildman–Crippen LogP) is 3.70. The number of fused-ring (bicyclic) bond motifs is 5. The molecule has 0 saturated heterocycles. The fourth-order valence-corrected chi connectivity index (χ4v) is 4.19.